The van der Waals surface area contributed by atoms with E-state index >= 15 is 0 Å². The number of nitrogen functional groups attached to an aromatic ring is 1. The van der Waals surface area contributed by atoms with Gasteiger partial charge in [0.1, 0.15) is 11.6 Å². The molecule has 5 rings (SSSR count). The molecule has 3 N–H and O–H groups in total. The highest BCUT2D eigenvalue weighted by Crippen LogP contribution is 2.33. The Kier molecular flexibility index (Phi) is 5.40. The van der Waals surface area contributed by atoms with E-state index in [1.54, 1.807) is 23.0 Å². The monoisotopic (exact) mass is 439 g/mol. The largest absolute Gasteiger partial charge is 0.383 e. The third-order valence-electron chi connectivity index (χ3n) is 5.30. The number of benzene rings is 2. The average molecular weight is 439 g/mol. The van der Waals surface area contributed by atoms with E-state index in [1.807, 2.05) is 49.4 Å². The summed E-state index contributed by atoms with van der Waals surface area (Å²) in [4.78, 5) is 13.6. The Hall–Kier alpha value is -4.33. The Morgan fingerprint density at radius 2 is 1.88 bits per heavy atom. The maximum absolute atomic E-state index is 14.0. The van der Waals surface area contributed by atoms with E-state index < -0.39 is 0 Å². The summed E-state index contributed by atoms with van der Waals surface area (Å²) in [5.41, 5.74) is 10.9. The molecule has 0 radical (unpaired) electrons. The van der Waals surface area contributed by atoms with Crippen molar-refractivity contribution >= 4 is 22.8 Å². The minimum absolute atomic E-state index is 0.353. The van der Waals surface area contributed by atoms with E-state index in [1.165, 1.54) is 12.1 Å². The zero-order chi connectivity index (χ0) is 22.8. The van der Waals surface area contributed by atoms with Gasteiger partial charge >= 0.3 is 0 Å². The molecule has 0 saturated carbocycles. The van der Waals surface area contributed by atoms with Crippen LogP contribution in [0.2, 0.25) is 0 Å². The van der Waals surface area contributed by atoms with Crippen LogP contribution in [0.1, 0.15) is 11.3 Å². The number of nitrogens with two attached hydrogens (primary N) is 1. The van der Waals surface area contributed by atoms with Gasteiger partial charge in [-0.05, 0) is 48.9 Å². The first-order valence-electron chi connectivity index (χ1n) is 10.6. The van der Waals surface area contributed by atoms with Crippen LogP contribution in [0, 0.1) is 12.7 Å². The van der Waals surface area contributed by atoms with Crippen molar-refractivity contribution in [2.45, 2.75) is 13.3 Å². The molecule has 0 atom stereocenters. The van der Waals surface area contributed by atoms with E-state index in [0.29, 0.717) is 47.0 Å². The minimum Gasteiger partial charge on any atom is -0.383 e. The van der Waals surface area contributed by atoms with Crippen molar-refractivity contribution < 1.29 is 4.39 Å². The summed E-state index contributed by atoms with van der Waals surface area (Å²) in [5.74, 6) is 0.440. The SMILES string of the molecule is Cc1cccc(-n2nc3nc(NCCc4ccccn4)nc(-c4cccc(F)c4)c3c2N)c1. The lowest BCUT2D eigenvalue weighted by Gasteiger charge is -2.09. The summed E-state index contributed by atoms with van der Waals surface area (Å²) in [6, 6.07) is 19.9. The van der Waals surface area contributed by atoms with Gasteiger partial charge in [-0.3, -0.25) is 4.98 Å². The Morgan fingerprint density at radius 1 is 1.00 bits per heavy atom. The summed E-state index contributed by atoms with van der Waals surface area (Å²) in [5, 5.41) is 8.48. The second kappa shape index (κ2) is 8.66. The highest BCUT2D eigenvalue weighted by molar-refractivity contribution is 5.99. The van der Waals surface area contributed by atoms with Crippen LogP contribution in [0.5, 0.6) is 0 Å². The van der Waals surface area contributed by atoms with Crippen LogP contribution in [-0.2, 0) is 6.42 Å². The summed E-state index contributed by atoms with van der Waals surface area (Å²) in [7, 11) is 0. The lowest BCUT2D eigenvalue weighted by molar-refractivity contribution is 0.628. The zero-order valence-corrected chi connectivity index (χ0v) is 18.0. The Balaban J connectivity index is 1.59. The number of aryl methyl sites for hydroxylation is 1. The minimum atomic E-state index is -0.353. The highest BCUT2D eigenvalue weighted by atomic mass is 19.1. The standard InChI is InChI=1S/C25H22FN7/c1-16-6-4-10-20(14-16)33-23(27)21-22(17-7-5-8-18(26)15-17)30-25(31-24(21)32-33)29-13-11-19-9-2-3-12-28-19/h2-10,12,14-15H,11,13,27H2,1H3,(H,29,31,32). The third kappa shape index (κ3) is 4.23. The normalized spacial score (nSPS) is 11.1. The number of pyridine rings is 1. The predicted molar refractivity (Wildman–Crippen MR) is 128 cm³/mol. The molecule has 0 amide bonds. The first-order chi connectivity index (χ1) is 16.1. The average Bonchev–Trinajstić information content (AvgIpc) is 3.16. The Labute approximate surface area is 190 Å². The first-order valence-corrected chi connectivity index (χ1v) is 10.6. The molecular weight excluding hydrogens is 417 g/mol. The van der Waals surface area contributed by atoms with Crippen LogP contribution in [0.25, 0.3) is 28.0 Å². The van der Waals surface area contributed by atoms with Gasteiger partial charge in [0.25, 0.3) is 0 Å². The van der Waals surface area contributed by atoms with Crippen molar-refractivity contribution in [1.82, 2.24) is 24.7 Å². The number of fused-ring (bicyclic) bond motifs is 1. The second-order valence-corrected chi connectivity index (χ2v) is 7.74. The molecule has 0 spiro atoms. The van der Waals surface area contributed by atoms with Gasteiger partial charge in [0, 0.05) is 30.4 Å². The maximum Gasteiger partial charge on any atom is 0.225 e. The van der Waals surface area contributed by atoms with E-state index in [4.69, 9.17) is 5.73 Å². The number of anilines is 2. The van der Waals surface area contributed by atoms with Crippen LogP contribution in [0.3, 0.4) is 0 Å². The number of aromatic nitrogens is 5. The molecule has 2 aromatic carbocycles. The highest BCUT2D eigenvalue weighted by Gasteiger charge is 2.19. The van der Waals surface area contributed by atoms with Crippen molar-refractivity contribution in [1.29, 1.82) is 0 Å². The molecule has 0 bridgehead atoms. The Morgan fingerprint density at radius 3 is 2.67 bits per heavy atom. The van der Waals surface area contributed by atoms with E-state index in [0.717, 1.165) is 16.9 Å². The van der Waals surface area contributed by atoms with Crippen LogP contribution < -0.4 is 11.1 Å². The number of nitrogens with one attached hydrogen (secondary N) is 1. The number of nitrogens with zero attached hydrogens (tertiary/aromatic N) is 5. The van der Waals surface area contributed by atoms with Gasteiger partial charge in [0.05, 0.1) is 16.8 Å². The molecule has 0 aliphatic rings. The second-order valence-electron chi connectivity index (χ2n) is 7.74. The summed E-state index contributed by atoms with van der Waals surface area (Å²) in [6.45, 7) is 2.59. The number of hydrogen-bond donors (Lipinski definition) is 2. The lowest BCUT2D eigenvalue weighted by Crippen LogP contribution is -2.09. The third-order valence-corrected chi connectivity index (χ3v) is 5.30. The fourth-order valence-electron chi connectivity index (χ4n) is 3.74. The van der Waals surface area contributed by atoms with Gasteiger partial charge < -0.3 is 11.1 Å². The van der Waals surface area contributed by atoms with E-state index in [9.17, 15) is 4.39 Å². The van der Waals surface area contributed by atoms with E-state index in [-0.39, 0.29) is 5.82 Å². The predicted octanol–water partition coefficient (Wildman–Crippen LogP) is 4.56. The molecular formula is C25H22FN7. The van der Waals surface area contributed by atoms with Crippen molar-refractivity contribution in [3.05, 3.63) is 90.0 Å². The van der Waals surface area contributed by atoms with Crippen LogP contribution in [-0.4, -0.2) is 31.3 Å². The van der Waals surface area contributed by atoms with Crippen molar-refractivity contribution in [3.63, 3.8) is 0 Å². The van der Waals surface area contributed by atoms with Gasteiger partial charge in [-0.2, -0.15) is 4.98 Å². The van der Waals surface area contributed by atoms with Crippen LogP contribution in [0.15, 0.2) is 72.9 Å². The van der Waals surface area contributed by atoms with Gasteiger partial charge in [-0.15, -0.1) is 5.10 Å². The fourth-order valence-corrected chi connectivity index (χ4v) is 3.74. The van der Waals surface area contributed by atoms with Gasteiger partial charge in [-0.1, -0.05) is 30.3 Å². The fraction of sp³-hybridized carbons (Fsp3) is 0.120. The molecule has 7 nitrogen and oxygen atoms in total. The molecule has 3 heterocycles. The summed E-state index contributed by atoms with van der Waals surface area (Å²) >= 11 is 0. The number of halogens is 1. The van der Waals surface area contributed by atoms with Gasteiger partial charge in [0.15, 0.2) is 5.65 Å². The zero-order valence-electron chi connectivity index (χ0n) is 18.0. The smallest absolute Gasteiger partial charge is 0.225 e. The molecule has 164 valence electrons. The molecule has 5 aromatic rings. The quantitative estimate of drug-likeness (QED) is 0.403. The molecule has 33 heavy (non-hydrogen) atoms. The molecule has 0 saturated heterocycles. The summed E-state index contributed by atoms with van der Waals surface area (Å²) < 4.78 is 15.7. The lowest BCUT2D eigenvalue weighted by atomic mass is 10.1. The molecule has 8 heteroatoms. The number of hydrogen-bond acceptors (Lipinski definition) is 6. The van der Waals surface area contributed by atoms with Crippen LogP contribution >= 0.6 is 0 Å². The van der Waals surface area contributed by atoms with E-state index in [2.05, 4.69) is 25.4 Å². The van der Waals surface area contributed by atoms with Crippen molar-refractivity contribution in [3.8, 4) is 16.9 Å². The van der Waals surface area contributed by atoms with Gasteiger partial charge in [-0.25, -0.2) is 14.1 Å². The molecule has 0 aliphatic carbocycles. The van der Waals surface area contributed by atoms with Gasteiger partial charge in [0.2, 0.25) is 5.95 Å². The molecule has 0 unspecified atom stereocenters. The topological polar surface area (TPSA) is 94.5 Å². The maximum atomic E-state index is 14.0. The molecule has 3 aromatic heterocycles. The number of rotatable bonds is 6. The molecule has 0 fully saturated rings. The van der Waals surface area contributed by atoms with Crippen LogP contribution in [0.4, 0.5) is 16.2 Å². The summed E-state index contributed by atoms with van der Waals surface area (Å²) in [6.07, 6.45) is 2.47. The van der Waals surface area contributed by atoms with Crippen molar-refractivity contribution in [2.75, 3.05) is 17.6 Å². The molecule has 0 aliphatic heterocycles. The van der Waals surface area contributed by atoms with Crippen molar-refractivity contribution in [2.24, 2.45) is 0 Å². The Bertz CT molecular complexity index is 1430. The first kappa shape index (κ1) is 20.6.